The van der Waals surface area contributed by atoms with Gasteiger partial charge in [-0.05, 0) is 31.5 Å². The van der Waals surface area contributed by atoms with E-state index in [-0.39, 0.29) is 29.9 Å². The van der Waals surface area contributed by atoms with Gasteiger partial charge in [-0.3, -0.25) is 9.59 Å². The number of pyridine rings is 1. The number of nitrogens with zero attached hydrogens (tertiary/aromatic N) is 3. The van der Waals surface area contributed by atoms with Crippen molar-refractivity contribution in [1.82, 2.24) is 24.8 Å². The second-order valence-corrected chi connectivity index (χ2v) is 6.22. The molecule has 0 saturated carbocycles. The van der Waals surface area contributed by atoms with Gasteiger partial charge in [-0.25, -0.2) is 14.8 Å². The normalized spacial score (nSPS) is 13.5. The van der Waals surface area contributed by atoms with E-state index in [0.29, 0.717) is 24.4 Å². The Balaban J connectivity index is 1.59. The van der Waals surface area contributed by atoms with Crippen LogP contribution in [0, 0.1) is 0 Å². The monoisotopic (exact) mass is 382 g/mol. The number of carbonyl (C=O) groups excluding carboxylic acids is 3. The zero-order valence-corrected chi connectivity index (χ0v) is 15.1. The Morgan fingerprint density at radius 3 is 3.04 bits per heavy atom. The van der Waals surface area contributed by atoms with Gasteiger partial charge in [-0.2, -0.15) is 0 Å². The number of carbonyl (C=O) groups is 3. The van der Waals surface area contributed by atoms with Gasteiger partial charge in [0, 0.05) is 18.5 Å². The topological polar surface area (TPSA) is 131 Å². The molecule has 144 valence electrons. The Morgan fingerprint density at radius 1 is 1.36 bits per heavy atom. The number of aryl methyl sites for hydroxylation is 1. The lowest BCUT2D eigenvalue weighted by Crippen LogP contribution is -2.22. The number of imidazole rings is 1. The van der Waals surface area contributed by atoms with Crippen molar-refractivity contribution in [1.29, 1.82) is 0 Å². The molecule has 4 heterocycles. The molecule has 10 heteroatoms. The van der Waals surface area contributed by atoms with Crippen molar-refractivity contribution in [3.63, 3.8) is 0 Å². The van der Waals surface area contributed by atoms with Crippen molar-refractivity contribution < 1.29 is 19.1 Å². The number of anilines is 1. The standard InChI is InChI=1S/C18H18N6O4/c1-2-28-18(27)14-20-9-13(22-14)23-16(25)11-5-4-10-8-12-17(26)19-6-3-7-24(12)15(10)21-11/h4-5,8-9H,2-3,6-7H2,1H3,(H,19,26)(H,20,22)(H,23,25). The van der Waals surface area contributed by atoms with Crippen molar-refractivity contribution in [2.24, 2.45) is 0 Å². The number of H-pyrrole nitrogens is 1. The lowest BCUT2D eigenvalue weighted by molar-refractivity contribution is 0.0513. The largest absolute Gasteiger partial charge is 0.460 e. The van der Waals surface area contributed by atoms with Crippen LogP contribution in [0.2, 0.25) is 0 Å². The summed E-state index contributed by atoms with van der Waals surface area (Å²) in [7, 11) is 0. The molecule has 3 aromatic heterocycles. The van der Waals surface area contributed by atoms with Gasteiger partial charge in [0.1, 0.15) is 22.9 Å². The van der Waals surface area contributed by atoms with Crippen LogP contribution in [0.3, 0.4) is 0 Å². The van der Waals surface area contributed by atoms with Gasteiger partial charge in [0.25, 0.3) is 11.8 Å². The van der Waals surface area contributed by atoms with Gasteiger partial charge < -0.3 is 24.9 Å². The van der Waals surface area contributed by atoms with Crippen LogP contribution in [0.25, 0.3) is 11.0 Å². The van der Waals surface area contributed by atoms with Crippen molar-refractivity contribution in [2.75, 3.05) is 18.5 Å². The molecule has 0 unspecified atom stereocenters. The fourth-order valence-electron chi connectivity index (χ4n) is 3.07. The smallest absolute Gasteiger partial charge is 0.374 e. The summed E-state index contributed by atoms with van der Waals surface area (Å²) in [5.74, 6) is -0.955. The third-order valence-corrected chi connectivity index (χ3v) is 4.35. The summed E-state index contributed by atoms with van der Waals surface area (Å²) in [6.45, 7) is 3.16. The highest BCUT2D eigenvalue weighted by atomic mass is 16.5. The zero-order valence-electron chi connectivity index (χ0n) is 15.1. The van der Waals surface area contributed by atoms with Crippen LogP contribution in [-0.2, 0) is 11.3 Å². The van der Waals surface area contributed by atoms with Crippen LogP contribution in [0.1, 0.15) is 44.9 Å². The zero-order chi connectivity index (χ0) is 19.7. The maximum Gasteiger partial charge on any atom is 0.374 e. The Labute approximate surface area is 159 Å². The molecule has 0 fully saturated rings. The molecule has 0 bridgehead atoms. The second kappa shape index (κ2) is 7.14. The maximum absolute atomic E-state index is 12.6. The van der Waals surface area contributed by atoms with Gasteiger partial charge in [0.05, 0.1) is 12.8 Å². The van der Waals surface area contributed by atoms with E-state index < -0.39 is 11.9 Å². The first-order chi connectivity index (χ1) is 13.6. The van der Waals surface area contributed by atoms with Gasteiger partial charge in [0.15, 0.2) is 0 Å². The fourth-order valence-corrected chi connectivity index (χ4v) is 3.07. The molecular formula is C18H18N6O4. The van der Waals surface area contributed by atoms with Gasteiger partial charge in [-0.15, -0.1) is 0 Å². The molecule has 10 nitrogen and oxygen atoms in total. The summed E-state index contributed by atoms with van der Waals surface area (Å²) in [6.07, 6.45) is 2.11. The SMILES string of the molecule is CCOC(=O)c1ncc(NC(=O)c2ccc3cc4n(c3n2)CCCNC4=O)[nH]1. The van der Waals surface area contributed by atoms with Crippen molar-refractivity contribution >= 4 is 34.6 Å². The quantitative estimate of drug-likeness (QED) is 0.583. The molecule has 0 radical (unpaired) electrons. The van der Waals surface area contributed by atoms with E-state index in [4.69, 9.17) is 4.74 Å². The lowest BCUT2D eigenvalue weighted by atomic mass is 10.2. The van der Waals surface area contributed by atoms with Crippen molar-refractivity contribution in [3.8, 4) is 0 Å². The van der Waals surface area contributed by atoms with Crippen molar-refractivity contribution in [3.05, 3.63) is 41.6 Å². The summed E-state index contributed by atoms with van der Waals surface area (Å²) in [5, 5.41) is 6.24. The van der Waals surface area contributed by atoms with E-state index in [1.165, 1.54) is 6.20 Å². The molecule has 0 aromatic carbocycles. The minimum atomic E-state index is -0.600. The number of ether oxygens (including phenoxy) is 1. The van der Waals surface area contributed by atoms with Crippen LogP contribution >= 0.6 is 0 Å². The number of aromatic nitrogens is 4. The Bertz CT molecular complexity index is 1080. The Morgan fingerprint density at radius 2 is 2.21 bits per heavy atom. The first kappa shape index (κ1) is 17.7. The van der Waals surface area contributed by atoms with E-state index in [1.54, 1.807) is 25.1 Å². The summed E-state index contributed by atoms with van der Waals surface area (Å²) in [4.78, 5) is 47.4. The average molecular weight is 382 g/mol. The number of fused-ring (bicyclic) bond motifs is 3. The predicted molar refractivity (Wildman–Crippen MR) is 99.2 cm³/mol. The number of aromatic amines is 1. The van der Waals surface area contributed by atoms with E-state index in [0.717, 1.165) is 11.8 Å². The number of rotatable bonds is 4. The Hall–Kier alpha value is -3.69. The third kappa shape index (κ3) is 3.20. The highest BCUT2D eigenvalue weighted by molar-refractivity contribution is 6.04. The summed E-state index contributed by atoms with van der Waals surface area (Å²) >= 11 is 0. The van der Waals surface area contributed by atoms with Crippen molar-refractivity contribution in [2.45, 2.75) is 19.9 Å². The molecule has 4 rings (SSSR count). The second-order valence-electron chi connectivity index (χ2n) is 6.22. The predicted octanol–water partition coefficient (Wildman–Crippen LogP) is 1.32. The summed E-state index contributed by atoms with van der Waals surface area (Å²) < 4.78 is 6.67. The highest BCUT2D eigenvalue weighted by Gasteiger charge is 2.20. The third-order valence-electron chi connectivity index (χ3n) is 4.35. The molecular weight excluding hydrogens is 364 g/mol. The molecule has 0 saturated heterocycles. The molecule has 1 aliphatic heterocycles. The highest BCUT2D eigenvalue weighted by Crippen LogP contribution is 2.21. The molecule has 3 aromatic rings. The van der Waals surface area contributed by atoms with Crippen LogP contribution in [0.4, 0.5) is 5.82 Å². The van der Waals surface area contributed by atoms with Crippen LogP contribution in [0.15, 0.2) is 24.4 Å². The molecule has 0 spiro atoms. The first-order valence-electron chi connectivity index (χ1n) is 8.89. The maximum atomic E-state index is 12.6. The molecule has 2 amide bonds. The van der Waals surface area contributed by atoms with Crippen LogP contribution in [0.5, 0.6) is 0 Å². The lowest BCUT2D eigenvalue weighted by Gasteiger charge is -2.06. The minimum Gasteiger partial charge on any atom is -0.460 e. The number of nitrogens with one attached hydrogen (secondary N) is 3. The molecule has 0 aliphatic carbocycles. The molecule has 28 heavy (non-hydrogen) atoms. The number of amides is 2. The van der Waals surface area contributed by atoms with E-state index in [2.05, 4.69) is 25.6 Å². The Kier molecular flexibility index (Phi) is 4.52. The minimum absolute atomic E-state index is 0.00323. The van der Waals surface area contributed by atoms with Gasteiger partial charge in [-0.1, -0.05) is 0 Å². The van der Waals surface area contributed by atoms with E-state index >= 15 is 0 Å². The number of hydrogen-bond acceptors (Lipinski definition) is 6. The van der Waals surface area contributed by atoms with E-state index in [1.807, 2.05) is 4.57 Å². The molecule has 1 aliphatic rings. The fraction of sp³-hybridized carbons (Fsp3) is 0.278. The van der Waals surface area contributed by atoms with Gasteiger partial charge >= 0.3 is 5.97 Å². The van der Waals surface area contributed by atoms with Crippen LogP contribution < -0.4 is 10.6 Å². The van der Waals surface area contributed by atoms with E-state index in [9.17, 15) is 14.4 Å². The summed E-state index contributed by atoms with van der Waals surface area (Å²) in [6, 6.07) is 5.10. The average Bonchev–Trinajstić information content (AvgIpc) is 3.25. The summed E-state index contributed by atoms with van der Waals surface area (Å²) in [5.41, 5.74) is 1.30. The molecule has 0 atom stereocenters. The van der Waals surface area contributed by atoms with Crippen LogP contribution in [-0.4, -0.2) is 50.5 Å². The number of esters is 1. The van der Waals surface area contributed by atoms with Gasteiger partial charge in [0.2, 0.25) is 5.82 Å². The molecule has 3 N–H and O–H groups in total. The number of hydrogen-bond donors (Lipinski definition) is 3. The first-order valence-corrected chi connectivity index (χ1v) is 8.89.